The first kappa shape index (κ1) is 11.8. The van der Waals surface area contributed by atoms with Crippen molar-refractivity contribution in [2.75, 3.05) is 6.54 Å². The van der Waals surface area contributed by atoms with Crippen molar-refractivity contribution >= 4 is 17.7 Å². The van der Waals surface area contributed by atoms with Crippen LogP contribution in [0.25, 0.3) is 0 Å². The van der Waals surface area contributed by atoms with Crippen molar-refractivity contribution in [2.24, 2.45) is 0 Å². The maximum Gasteiger partial charge on any atom is 0.285 e. The highest BCUT2D eigenvalue weighted by Crippen LogP contribution is 2.22. The number of carbonyl (C=O) groups is 3. The van der Waals surface area contributed by atoms with Crippen LogP contribution in [0.4, 0.5) is 0 Å². The summed E-state index contributed by atoms with van der Waals surface area (Å²) in [5.41, 5.74) is 0.257. The van der Waals surface area contributed by atoms with Crippen molar-refractivity contribution in [2.45, 2.75) is 0 Å². The second-order valence-electron chi connectivity index (χ2n) is 3.57. The number of imide groups is 1. The van der Waals surface area contributed by atoms with Crippen LogP contribution in [0, 0.1) is 12.3 Å². The van der Waals surface area contributed by atoms with Crippen molar-refractivity contribution in [3.63, 3.8) is 0 Å². The van der Waals surface area contributed by atoms with Gasteiger partial charge in [0, 0.05) is 5.56 Å². The van der Waals surface area contributed by atoms with Gasteiger partial charge in [0.1, 0.15) is 0 Å². The Morgan fingerprint density at radius 1 is 1.33 bits per heavy atom. The number of hydroxylamine groups is 2. The van der Waals surface area contributed by atoms with E-state index in [4.69, 9.17) is 11.6 Å². The Hall–Kier alpha value is -2.65. The minimum Gasteiger partial charge on any atom is -0.341 e. The molecule has 0 radical (unpaired) electrons. The fourth-order valence-corrected chi connectivity index (χ4v) is 1.60. The predicted molar refractivity (Wildman–Crippen MR) is 59.9 cm³/mol. The monoisotopic (exact) mass is 244 g/mol. The largest absolute Gasteiger partial charge is 0.341 e. The Balaban J connectivity index is 2.35. The second kappa shape index (κ2) is 4.31. The summed E-state index contributed by atoms with van der Waals surface area (Å²) in [6.07, 6.45) is 5.00. The summed E-state index contributed by atoms with van der Waals surface area (Å²) in [7, 11) is 0. The molecule has 1 aliphatic rings. The van der Waals surface area contributed by atoms with E-state index in [1.54, 1.807) is 0 Å². The molecule has 0 saturated carbocycles. The summed E-state index contributed by atoms with van der Waals surface area (Å²) in [5.74, 6) is 0.145. The van der Waals surface area contributed by atoms with Crippen LogP contribution in [0.1, 0.15) is 31.1 Å². The molecule has 1 aromatic rings. The zero-order chi connectivity index (χ0) is 13.3. The van der Waals surface area contributed by atoms with Crippen LogP contribution in [0.5, 0.6) is 0 Å². The van der Waals surface area contributed by atoms with Crippen molar-refractivity contribution < 1.29 is 19.6 Å². The summed E-state index contributed by atoms with van der Waals surface area (Å²) in [4.78, 5) is 34.5. The molecular formula is C12H8N2O4. The number of rotatable bonds is 2. The molecule has 3 amide bonds. The Morgan fingerprint density at radius 3 is 2.67 bits per heavy atom. The number of hydrogen-bond acceptors (Lipinski definition) is 4. The maximum atomic E-state index is 11.6. The van der Waals surface area contributed by atoms with E-state index in [1.807, 2.05) is 0 Å². The van der Waals surface area contributed by atoms with E-state index in [2.05, 4.69) is 11.2 Å². The van der Waals surface area contributed by atoms with Gasteiger partial charge in [-0.15, -0.1) is 11.5 Å². The van der Waals surface area contributed by atoms with Crippen LogP contribution in [-0.4, -0.2) is 34.5 Å². The molecule has 0 atom stereocenters. The molecule has 0 saturated heterocycles. The number of carbonyl (C=O) groups excluding carboxylic acids is 3. The molecule has 2 rings (SSSR count). The SMILES string of the molecule is C#CCNC(=O)c1ccc2c(c1)C(=O)N(O)C2=O. The van der Waals surface area contributed by atoms with Gasteiger partial charge >= 0.3 is 0 Å². The third kappa shape index (κ3) is 1.73. The van der Waals surface area contributed by atoms with Gasteiger partial charge in [-0.25, -0.2) is 0 Å². The third-order valence-corrected chi connectivity index (χ3v) is 2.48. The minimum absolute atomic E-state index is 0.00384. The number of fused-ring (bicyclic) bond motifs is 1. The number of nitrogens with one attached hydrogen (secondary N) is 1. The molecule has 2 N–H and O–H groups in total. The van der Waals surface area contributed by atoms with Gasteiger partial charge in [-0.2, -0.15) is 0 Å². The average molecular weight is 244 g/mol. The quantitative estimate of drug-likeness (QED) is 0.436. The van der Waals surface area contributed by atoms with Gasteiger partial charge in [-0.05, 0) is 18.2 Å². The molecule has 1 heterocycles. The van der Waals surface area contributed by atoms with E-state index in [0.717, 1.165) is 0 Å². The van der Waals surface area contributed by atoms with Crippen LogP contribution < -0.4 is 5.32 Å². The van der Waals surface area contributed by atoms with Crippen LogP contribution in [0.15, 0.2) is 18.2 Å². The summed E-state index contributed by atoms with van der Waals surface area (Å²) >= 11 is 0. The van der Waals surface area contributed by atoms with Crippen LogP contribution >= 0.6 is 0 Å². The van der Waals surface area contributed by atoms with Gasteiger partial charge in [0.2, 0.25) is 0 Å². The molecule has 6 heteroatoms. The minimum atomic E-state index is -0.846. The normalized spacial score (nSPS) is 13.2. The molecule has 90 valence electrons. The lowest BCUT2D eigenvalue weighted by Gasteiger charge is -2.02. The predicted octanol–water partition coefficient (Wildman–Crippen LogP) is 0.0348. The second-order valence-corrected chi connectivity index (χ2v) is 3.57. The molecule has 0 unspecified atom stereocenters. The van der Waals surface area contributed by atoms with E-state index in [-0.39, 0.29) is 28.3 Å². The molecule has 1 aromatic carbocycles. The Labute approximate surface area is 102 Å². The molecule has 0 aromatic heterocycles. The van der Waals surface area contributed by atoms with E-state index in [9.17, 15) is 14.4 Å². The van der Waals surface area contributed by atoms with Crippen molar-refractivity contribution in [3.05, 3.63) is 34.9 Å². The molecule has 0 spiro atoms. The first-order chi connectivity index (χ1) is 8.56. The zero-order valence-corrected chi connectivity index (χ0v) is 9.14. The summed E-state index contributed by atoms with van der Waals surface area (Å²) < 4.78 is 0. The third-order valence-electron chi connectivity index (χ3n) is 2.48. The fourth-order valence-electron chi connectivity index (χ4n) is 1.60. The molecule has 0 aliphatic carbocycles. The van der Waals surface area contributed by atoms with Gasteiger partial charge in [-0.3, -0.25) is 19.6 Å². The lowest BCUT2D eigenvalue weighted by Crippen LogP contribution is -2.25. The topological polar surface area (TPSA) is 86.7 Å². The van der Waals surface area contributed by atoms with Gasteiger partial charge in [0.05, 0.1) is 17.7 Å². The van der Waals surface area contributed by atoms with Crippen LogP contribution in [0.3, 0.4) is 0 Å². The van der Waals surface area contributed by atoms with Gasteiger partial charge in [0.15, 0.2) is 0 Å². The van der Waals surface area contributed by atoms with Gasteiger partial charge < -0.3 is 5.32 Å². The first-order valence-electron chi connectivity index (χ1n) is 4.99. The smallest absolute Gasteiger partial charge is 0.285 e. The van der Waals surface area contributed by atoms with Crippen molar-refractivity contribution in [3.8, 4) is 12.3 Å². The molecule has 6 nitrogen and oxygen atoms in total. The molecule has 0 bridgehead atoms. The highest BCUT2D eigenvalue weighted by Gasteiger charge is 2.35. The van der Waals surface area contributed by atoms with E-state index in [1.165, 1.54) is 18.2 Å². The highest BCUT2D eigenvalue weighted by atomic mass is 16.5. The fraction of sp³-hybridized carbons (Fsp3) is 0.0833. The number of terminal acetylenes is 1. The van der Waals surface area contributed by atoms with E-state index >= 15 is 0 Å². The number of benzene rings is 1. The van der Waals surface area contributed by atoms with Gasteiger partial charge in [-0.1, -0.05) is 5.92 Å². The molecule has 18 heavy (non-hydrogen) atoms. The lowest BCUT2D eigenvalue weighted by molar-refractivity contribution is -0.0327. The lowest BCUT2D eigenvalue weighted by atomic mass is 10.1. The maximum absolute atomic E-state index is 11.6. The number of amides is 3. The Bertz CT molecular complexity index is 601. The molecule has 1 aliphatic heterocycles. The molecular weight excluding hydrogens is 236 g/mol. The van der Waals surface area contributed by atoms with E-state index in [0.29, 0.717) is 0 Å². The first-order valence-corrected chi connectivity index (χ1v) is 4.99. The van der Waals surface area contributed by atoms with Gasteiger partial charge in [0.25, 0.3) is 17.7 Å². The summed E-state index contributed by atoms with van der Waals surface area (Å²) in [6, 6.07) is 3.95. The summed E-state index contributed by atoms with van der Waals surface area (Å²) in [5, 5.41) is 11.6. The summed E-state index contributed by atoms with van der Waals surface area (Å²) in [6.45, 7) is 0.0644. The van der Waals surface area contributed by atoms with Crippen LogP contribution in [0.2, 0.25) is 0 Å². The number of hydrogen-bond donors (Lipinski definition) is 2. The molecule has 0 fully saturated rings. The standard InChI is InChI=1S/C12H8N2O4/c1-2-5-13-10(15)7-3-4-8-9(6-7)12(17)14(18)11(8)16/h1,3-4,6,18H,5H2,(H,13,15). The van der Waals surface area contributed by atoms with Crippen molar-refractivity contribution in [1.29, 1.82) is 0 Å². The van der Waals surface area contributed by atoms with E-state index < -0.39 is 17.7 Å². The average Bonchev–Trinajstić information content (AvgIpc) is 2.61. The zero-order valence-electron chi connectivity index (χ0n) is 9.14. The highest BCUT2D eigenvalue weighted by molar-refractivity contribution is 6.21. The Kier molecular flexibility index (Phi) is 2.83. The van der Waals surface area contributed by atoms with Crippen molar-refractivity contribution in [1.82, 2.24) is 10.4 Å². The Morgan fingerprint density at radius 2 is 2.00 bits per heavy atom. The number of nitrogens with zero attached hydrogens (tertiary/aromatic N) is 1. The van der Waals surface area contributed by atoms with Crippen LogP contribution in [-0.2, 0) is 0 Å².